The molecule has 2 aliphatic rings. The van der Waals surface area contributed by atoms with E-state index in [1.807, 2.05) is 12.1 Å². The Labute approximate surface area is 210 Å². The Morgan fingerprint density at radius 2 is 1.76 bits per heavy atom. The van der Waals surface area contributed by atoms with E-state index in [1.54, 1.807) is 18.3 Å². The van der Waals surface area contributed by atoms with Crippen LogP contribution < -0.4 is 16.6 Å². The van der Waals surface area contributed by atoms with Crippen molar-refractivity contribution in [2.75, 3.05) is 25.2 Å². The van der Waals surface area contributed by atoms with Crippen molar-refractivity contribution < 1.29 is 55.4 Å². The molecule has 2 aromatic rings. The van der Waals surface area contributed by atoms with E-state index in [2.05, 4.69) is 26.8 Å². The first-order chi connectivity index (χ1) is 17.7. The second-order valence-electron chi connectivity index (χ2n) is 9.07. The lowest BCUT2D eigenvalue weighted by Gasteiger charge is -2.41. The van der Waals surface area contributed by atoms with Crippen LogP contribution in [0.3, 0.4) is 0 Å². The van der Waals surface area contributed by atoms with Crippen LogP contribution >= 0.6 is 0 Å². The van der Waals surface area contributed by atoms with Crippen molar-refractivity contribution in [1.82, 2.24) is 15.6 Å². The number of nitrogens with zero attached hydrogens (tertiary/aromatic N) is 2. The summed E-state index contributed by atoms with van der Waals surface area (Å²) < 4.78 is 16.2. The van der Waals surface area contributed by atoms with Gasteiger partial charge in [0.15, 0.2) is 11.9 Å². The van der Waals surface area contributed by atoms with Gasteiger partial charge in [-0.05, 0) is 0 Å². The molecule has 0 aliphatic carbocycles. The van der Waals surface area contributed by atoms with Gasteiger partial charge in [-0.25, -0.2) is 0 Å². The molecule has 3 heterocycles. The Morgan fingerprint density at radius 3 is 2.51 bits per heavy atom. The number of hydrazine groups is 1. The van der Waals surface area contributed by atoms with Gasteiger partial charge in [0.2, 0.25) is 6.29 Å². The third-order valence-electron chi connectivity index (χ3n) is 6.67. The molecule has 11 N–H and O–H groups in total. The summed E-state index contributed by atoms with van der Waals surface area (Å²) in [6, 6.07) is 6.41. The highest BCUT2D eigenvalue weighted by Gasteiger charge is 2.48. The molecule has 2 saturated heterocycles. The number of hydrogen-bond acceptors (Lipinski definition) is 13. The number of nitrogens with one attached hydrogen (secondary N) is 2. The van der Waals surface area contributed by atoms with Crippen molar-refractivity contribution in [2.45, 2.75) is 55.1 Å². The van der Waals surface area contributed by atoms with Crippen LogP contribution in [0.1, 0.15) is 0 Å². The third kappa shape index (κ3) is 5.80. The molecule has 1 aromatic carbocycles. The third-order valence-corrected chi connectivity index (χ3v) is 6.67. The molecule has 37 heavy (non-hydrogen) atoms. The number of benzene rings is 1. The number of aliphatic hydroxyl groups excluding tert-OH is 6. The monoisotopic (exact) mass is 526 g/mol. The molecule has 1 aromatic heterocycles. The maximum absolute atomic E-state index is 12.8. The minimum atomic E-state index is -1.74. The maximum atomic E-state index is 12.8. The molecule has 0 radical (unpaired) electrons. The molecule has 2 aliphatic heterocycles. The van der Waals surface area contributed by atoms with Crippen LogP contribution in [-0.2, 0) is 19.0 Å². The zero-order valence-electron chi connectivity index (χ0n) is 19.7. The quantitative estimate of drug-likeness (QED) is 0.147. The van der Waals surface area contributed by atoms with Crippen molar-refractivity contribution in [2.24, 2.45) is 5.92 Å². The lowest BCUT2D eigenvalue weighted by molar-refractivity contribution is -0.495. The van der Waals surface area contributed by atoms with E-state index in [-0.39, 0.29) is 19.0 Å². The molecular weight excluding hydrogens is 494 g/mol. The lowest BCUT2D eigenvalue weighted by atomic mass is 9.88. The summed E-state index contributed by atoms with van der Waals surface area (Å²) in [5, 5.41) is 70.0. The van der Waals surface area contributed by atoms with Crippen LogP contribution in [0.25, 0.3) is 10.8 Å². The zero-order valence-corrected chi connectivity index (χ0v) is 19.7. The molecular formula is C22H32N5O10+. The van der Waals surface area contributed by atoms with Gasteiger partial charge in [0.25, 0.3) is 5.91 Å². The molecule has 10 atom stereocenters. The Balaban J connectivity index is 1.36. The number of fused-ring (bicyclic) bond motifs is 1. The van der Waals surface area contributed by atoms with Gasteiger partial charge in [-0.3, -0.25) is 15.6 Å². The average Bonchev–Trinajstić information content (AvgIpc) is 2.91. The SMILES string of the molecule is [NH3+]C1[C@H](O)OC(CO)[C@H](O)[C@@H]1COC[C@@H]1OC(C(=O)NNc2nncc3ccccc23)[C@H](O)[C@H](O)C1O. The number of ether oxygens (including phenoxy) is 3. The Bertz CT molecular complexity index is 1060. The smallest absolute Gasteiger partial charge is 0.270 e. The topological polar surface area (TPSA) is 244 Å². The van der Waals surface area contributed by atoms with Crippen LogP contribution in [-0.4, -0.2) is 122 Å². The molecule has 0 spiro atoms. The van der Waals surface area contributed by atoms with Gasteiger partial charge in [-0.15, -0.1) is 5.10 Å². The highest BCUT2D eigenvalue weighted by atomic mass is 16.6. The molecule has 2 fully saturated rings. The fourth-order valence-corrected chi connectivity index (χ4v) is 4.41. The van der Waals surface area contributed by atoms with Gasteiger partial charge in [0.1, 0.15) is 36.6 Å². The van der Waals surface area contributed by atoms with Crippen LogP contribution in [0.15, 0.2) is 30.5 Å². The fourth-order valence-electron chi connectivity index (χ4n) is 4.41. The number of aliphatic hydroxyl groups is 6. The van der Waals surface area contributed by atoms with Gasteiger partial charge in [0.05, 0.1) is 38.0 Å². The number of hydrogen-bond donors (Lipinski definition) is 9. The number of aromatic nitrogens is 2. The molecule has 204 valence electrons. The van der Waals surface area contributed by atoms with E-state index in [0.717, 1.165) is 5.39 Å². The summed E-state index contributed by atoms with van der Waals surface area (Å²) in [5.74, 6) is -1.31. The summed E-state index contributed by atoms with van der Waals surface area (Å²) in [5.41, 5.74) is 8.75. The van der Waals surface area contributed by atoms with E-state index >= 15 is 0 Å². The van der Waals surface area contributed by atoms with Crippen molar-refractivity contribution in [3.63, 3.8) is 0 Å². The number of quaternary nitrogens is 1. The Hall–Kier alpha value is -2.57. The standard InChI is InChI=1S/C22H31N5O10/c23-14-11(15(29)12(6-28)37-22(14)34)7-35-8-13-16(30)17(31)18(32)19(36-13)21(33)27-26-20-10-4-2-1-3-9(10)5-24-25-20/h1-5,11-19,22,28-32,34H,6-8,23H2,(H,25,26)(H,27,33)/p+1/t11-,12?,13+,14?,15-,16?,17-,18-,19?,22-/m1/s1. The van der Waals surface area contributed by atoms with E-state index in [1.165, 1.54) is 0 Å². The largest absolute Gasteiger partial charge is 0.394 e. The Kier molecular flexibility index (Phi) is 8.81. The van der Waals surface area contributed by atoms with Crippen LogP contribution in [0.4, 0.5) is 5.82 Å². The minimum Gasteiger partial charge on any atom is -0.394 e. The summed E-state index contributed by atoms with van der Waals surface area (Å²) in [6.45, 7) is -1.01. The average molecular weight is 527 g/mol. The second-order valence-corrected chi connectivity index (χ2v) is 9.07. The highest BCUT2D eigenvalue weighted by molar-refractivity contribution is 5.92. The van der Waals surface area contributed by atoms with E-state index in [9.17, 15) is 35.4 Å². The molecule has 15 heteroatoms. The van der Waals surface area contributed by atoms with Gasteiger partial charge >= 0.3 is 0 Å². The van der Waals surface area contributed by atoms with Crippen LogP contribution in [0.5, 0.6) is 0 Å². The van der Waals surface area contributed by atoms with Crippen molar-refractivity contribution in [3.8, 4) is 0 Å². The molecule has 0 bridgehead atoms. The van der Waals surface area contributed by atoms with Gasteiger partial charge in [-0.2, -0.15) is 5.10 Å². The first-order valence-corrected chi connectivity index (χ1v) is 11.7. The predicted molar refractivity (Wildman–Crippen MR) is 123 cm³/mol. The fraction of sp³-hybridized carbons (Fsp3) is 0.591. The van der Waals surface area contributed by atoms with Crippen LogP contribution in [0, 0.1) is 5.92 Å². The van der Waals surface area contributed by atoms with E-state index < -0.39 is 73.5 Å². The summed E-state index contributed by atoms with van der Waals surface area (Å²) in [6.07, 6.45) is -9.80. The summed E-state index contributed by atoms with van der Waals surface area (Å²) in [7, 11) is 0. The second kappa shape index (κ2) is 11.9. The van der Waals surface area contributed by atoms with E-state index in [0.29, 0.717) is 5.39 Å². The zero-order chi connectivity index (χ0) is 26.7. The molecule has 15 nitrogen and oxygen atoms in total. The van der Waals surface area contributed by atoms with Gasteiger partial charge in [0, 0.05) is 10.8 Å². The van der Waals surface area contributed by atoms with Gasteiger partial charge < -0.3 is 50.6 Å². The molecule has 0 saturated carbocycles. The Morgan fingerprint density at radius 1 is 1.00 bits per heavy atom. The van der Waals surface area contributed by atoms with Crippen molar-refractivity contribution >= 4 is 22.5 Å². The summed E-state index contributed by atoms with van der Waals surface area (Å²) >= 11 is 0. The first kappa shape index (κ1) is 27.5. The maximum Gasteiger partial charge on any atom is 0.270 e. The number of carbonyl (C=O) groups excluding carboxylic acids is 1. The number of carbonyl (C=O) groups is 1. The number of anilines is 1. The summed E-state index contributed by atoms with van der Waals surface area (Å²) in [4.78, 5) is 12.8. The first-order valence-electron chi connectivity index (χ1n) is 11.7. The molecule has 4 unspecified atom stereocenters. The van der Waals surface area contributed by atoms with Gasteiger partial charge in [-0.1, -0.05) is 24.3 Å². The van der Waals surface area contributed by atoms with E-state index in [4.69, 9.17) is 14.2 Å². The number of amides is 1. The molecule has 1 amide bonds. The van der Waals surface area contributed by atoms with Crippen molar-refractivity contribution in [3.05, 3.63) is 30.5 Å². The minimum absolute atomic E-state index is 0.157. The normalized spacial score (nSPS) is 36.3. The van der Waals surface area contributed by atoms with Crippen molar-refractivity contribution in [1.29, 1.82) is 0 Å². The van der Waals surface area contributed by atoms with Crippen LogP contribution in [0.2, 0.25) is 0 Å². The molecule has 4 rings (SSSR count). The number of rotatable bonds is 8. The highest BCUT2D eigenvalue weighted by Crippen LogP contribution is 2.26. The lowest BCUT2D eigenvalue weighted by Crippen LogP contribution is -2.76. The predicted octanol–water partition coefficient (Wildman–Crippen LogP) is -4.76.